The molecule has 214 valence electrons. The first kappa shape index (κ1) is 31.9. The van der Waals surface area contributed by atoms with Crippen molar-refractivity contribution in [3.05, 3.63) is 64.2 Å². The van der Waals surface area contributed by atoms with Gasteiger partial charge in [-0.25, -0.2) is 4.79 Å². The molecule has 39 heavy (non-hydrogen) atoms. The number of nitrogens with zero attached hydrogens (tertiary/aromatic N) is 1. The summed E-state index contributed by atoms with van der Waals surface area (Å²) in [7, 11) is 0. The van der Waals surface area contributed by atoms with Crippen LogP contribution in [-0.2, 0) is 14.3 Å². The Morgan fingerprint density at radius 3 is 2.05 bits per heavy atom. The van der Waals surface area contributed by atoms with Gasteiger partial charge in [0.05, 0.1) is 0 Å². The fourth-order valence-electron chi connectivity index (χ4n) is 4.69. The molecular formula is C32H47N3O4. The van der Waals surface area contributed by atoms with E-state index in [-0.39, 0.29) is 18.4 Å². The zero-order valence-electron chi connectivity index (χ0n) is 25.1. The molecule has 7 nitrogen and oxygen atoms in total. The predicted molar refractivity (Wildman–Crippen MR) is 158 cm³/mol. The van der Waals surface area contributed by atoms with Crippen molar-refractivity contribution in [2.45, 2.75) is 99.1 Å². The molecule has 2 aromatic carbocycles. The van der Waals surface area contributed by atoms with Crippen LogP contribution in [0.25, 0.3) is 0 Å². The molecular weight excluding hydrogens is 490 g/mol. The Bertz CT molecular complexity index is 1100. The van der Waals surface area contributed by atoms with E-state index in [2.05, 4.69) is 17.6 Å². The zero-order chi connectivity index (χ0) is 29.2. The second-order valence-electron chi connectivity index (χ2n) is 11.4. The molecule has 0 saturated carbocycles. The van der Waals surface area contributed by atoms with Gasteiger partial charge >= 0.3 is 6.09 Å². The molecule has 0 spiro atoms. The lowest BCUT2D eigenvalue weighted by Gasteiger charge is -2.32. The van der Waals surface area contributed by atoms with Crippen LogP contribution in [0.3, 0.4) is 0 Å². The minimum atomic E-state index is -0.860. The lowest BCUT2D eigenvalue weighted by Crippen LogP contribution is -2.47. The number of anilines is 1. The highest BCUT2D eigenvalue weighted by atomic mass is 16.6. The lowest BCUT2D eigenvalue weighted by atomic mass is 9.98. The minimum absolute atomic E-state index is 0.262. The lowest BCUT2D eigenvalue weighted by molar-refractivity contribution is -0.138. The number of carbonyl (C=O) groups excluding carboxylic acids is 3. The van der Waals surface area contributed by atoms with Gasteiger partial charge in [-0.15, -0.1) is 0 Å². The maximum atomic E-state index is 14.0. The number of aryl methyl sites for hydroxylation is 4. The van der Waals surface area contributed by atoms with Crippen LogP contribution in [0.15, 0.2) is 36.4 Å². The van der Waals surface area contributed by atoms with Crippen LogP contribution in [0.2, 0.25) is 0 Å². The van der Waals surface area contributed by atoms with Crippen LogP contribution in [0.1, 0.15) is 93.7 Å². The van der Waals surface area contributed by atoms with Crippen molar-refractivity contribution in [1.29, 1.82) is 0 Å². The van der Waals surface area contributed by atoms with Gasteiger partial charge in [-0.3, -0.25) is 9.59 Å². The number of rotatable bonds is 12. The molecule has 2 rings (SSSR count). The van der Waals surface area contributed by atoms with Gasteiger partial charge in [0, 0.05) is 12.2 Å². The molecule has 7 heteroatoms. The smallest absolute Gasteiger partial charge is 0.408 e. The van der Waals surface area contributed by atoms with Crippen molar-refractivity contribution in [3.63, 3.8) is 0 Å². The zero-order valence-corrected chi connectivity index (χ0v) is 25.1. The monoisotopic (exact) mass is 537 g/mol. The molecule has 1 atom stereocenters. The Kier molecular flexibility index (Phi) is 12.0. The Morgan fingerprint density at radius 2 is 1.49 bits per heavy atom. The van der Waals surface area contributed by atoms with Gasteiger partial charge in [-0.2, -0.15) is 0 Å². The summed E-state index contributed by atoms with van der Waals surface area (Å²) >= 11 is 0. The number of hydrogen-bond acceptors (Lipinski definition) is 4. The van der Waals surface area contributed by atoms with Crippen LogP contribution in [0.5, 0.6) is 0 Å². The minimum Gasteiger partial charge on any atom is -0.444 e. The van der Waals surface area contributed by atoms with E-state index in [0.29, 0.717) is 6.54 Å². The van der Waals surface area contributed by atoms with Crippen molar-refractivity contribution in [2.24, 2.45) is 0 Å². The largest absolute Gasteiger partial charge is 0.444 e. The maximum absolute atomic E-state index is 14.0. The predicted octanol–water partition coefficient (Wildman–Crippen LogP) is 6.92. The van der Waals surface area contributed by atoms with E-state index in [1.165, 1.54) is 0 Å². The van der Waals surface area contributed by atoms with Gasteiger partial charge in [0.15, 0.2) is 0 Å². The van der Waals surface area contributed by atoms with E-state index in [1.54, 1.807) is 25.7 Å². The van der Waals surface area contributed by atoms with E-state index in [0.717, 1.165) is 65.6 Å². The van der Waals surface area contributed by atoms with Gasteiger partial charge in [-0.05, 0) is 71.6 Å². The van der Waals surface area contributed by atoms with Gasteiger partial charge in [-0.1, -0.05) is 80.1 Å². The second kappa shape index (κ2) is 14.7. The summed E-state index contributed by atoms with van der Waals surface area (Å²) in [5.74, 6) is -0.617. The number of hydrogen-bond donors (Lipinski definition) is 2. The highest BCUT2D eigenvalue weighted by Gasteiger charge is 2.32. The molecule has 0 saturated heterocycles. The first-order chi connectivity index (χ1) is 18.3. The number of carbonyl (C=O) groups is 3. The third-order valence-electron chi connectivity index (χ3n) is 6.45. The maximum Gasteiger partial charge on any atom is 0.408 e. The van der Waals surface area contributed by atoms with Crippen molar-refractivity contribution in [2.75, 3.05) is 18.4 Å². The number of alkyl carbamates (subject to hydrolysis) is 1. The molecule has 0 aliphatic carbocycles. The number of ether oxygens (including phenoxy) is 1. The number of amides is 3. The molecule has 0 aliphatic heterocycles. The molecule has 0 radical (unpaired) electrons. The van der Waals surface area contributed by atoms with Gasteiger partial charge in [0.1, 0.15) is 18.2 Å². The summed E-state index contributed by atoms with van der Waals surface area (Å²) in [4.78, 5) is 41.6. The summed E-state index contributed by atoms with van der Waals surface area (Å²) in [5, 5.41) is 5.70. The highest BCUT2D eigenvalue weighted by Crippen LogP contribution is 2.28. The van der Waals surface area contributed by atoms with E-state index >= 15 is 0 Å². The van der Waals surface area contributed by atoms with Crippen molar-refractivity contribution < 1.29 is 19.1 Å². The van der Waals surface area contributed by atoms with E-state index in [9.17, 15) is 14.4 Å². The van der Waals surface area contributed by atoms with Crippen LogP contribution in [0.4, 0.5) is 10.5 Å². The Morgan fingerprint density at radius 1 is 0.897 bits per heavy atom. The Balaban J connectivity index is 2.44. The summed E-state index contributed by atoms with van der Waals surface area (Å²) in [6, 6.07) is 11.0. The molecule has 0 bridgehead atoms. The average Bonchev–Trinajstić information content (AvgIpc) is 2.82. The molecule has 3 amide bonds. The highest BCUT2D eigenvalue weighted by molar-refractivity contribution is 5.99. The van der Waals surface area contributed by atoms with E-state index in [4.69, 9.17) is 4.74 Å². The summed E-state index contributed by atoms with van der Waals surface area (Å²) in [6.07, 6.45) is 4.36. The number of unbranched alkanes of at least 4 members (excludes halogenated alkanes) is 4. The van der Waals surface area contributed by atoms with Crippen LogP contribution < -0.4 is 10.6 Å². The normalized spacial score (nSPS) is 12.0. The van der Waals surface area contributed by atoms with Crippen molar-refractivity contribution >= 4 is 23.6 Å². The molecule has 2 aromatic rings. The van der Waals surface area contributed by atoms with Crippen LogP contribution in [0, 0.1) is 27.7 Å². The fourth-order valence-corrected chi connectivity index (χ4v) is 4.69. The molecule has 0 aromatic heterocycles. The molecule has 1 unspecified atom stereocenters. The van der Waals surface area contributed by atoms with Crippen molar-refractivity contribution in [3.8, 4) is 0 Å². The molecule has 0 fully saturated rings. The van der Waals surface area contributed by atoms with Gasteiger partial charge in [0.2, 0.25) is 5.91 Å². The SMILES string of the molecule is CCCCCCCN(C(=O)CNC(=O)OC(C)(C)C)C(C(=O)Nc1c(C)cccc1C)c1cc(C)cc(C)c1. The fraction of sp³-hybridized carbons (Fsp3) is 0.531. The number of nitrogens with one attached hydrogen (secondary N) is 2. The molecule has 0 aliphatic rings. The van der Waals surface area contributed by atoms with Crippen LogP contribution in [-0.4, -0.2) is 41.5 Å². The average molecular weight is 538 g/mol. The molecule has 0 heterocycles. The van der Waals surface area contributed by atoms with Gasteiger partial charge < -0.3 is 20.3 Å². The third kappa shape index (κ3) is 10.4. The van der Waals surface area contributed by atoms with Crippen molar-refractivity contribution in [1.82, 2.24) is 10.2 Å². The Labute approximate surface area is 234 Å². The first-order valence-corrected chi connectivity index (χ1v) is 14.0. The quantitative estimate of drug-likeness (QED) is 0.288. The number of benzene rings is 2. The summed E-state index contributed by atoms with van der Waals surface area (Å²) in [6.45, 7) is 15.5. The van der Waals surface area contributed by atoms with E-state index in [1.807, 2.05) is 64.1 Å². The second-order valence-corrected chi connectivity index (χ2v) is 11.4. The third-order valence-corrected chi connectivity index (χ3v) is 6.45. The van der Waals surface area contributed by atoms with Crippen LogP contribution >= 0.6 is 0 Å². The summed E-state index contributed by atoms with van der Waals surface area (Å²) < 4.78 is 5.32. The number of para-hydroxylation sites is 1. The first-order valence-electron chi connectivity index (χ1n) is 14.0. The van der Waals surface area contributed by atoms with E-state index < -0.39 is 17.7 Å². The standard InChI is InChI=1S/C32H47N3O4/c1-9-10-11-12-13-17-35(27(36)21-33-31(38)39-32(6,7)8)29(26-19-22(2)18-23(3)20-26)30(37)34-28-24(4)15-14-16-25(28)5/h14-16,18-20,29H,9-13,17,21H2,1-8H3,(H,33,38)(H,34,37). The van der Waals surface area contributed by atoms with Gasteiger partial charge in [0.25, 0.3) is 5.91 Å². The topological polar surface area (TPSA) is 87.7 Å². The molecule has 2 N–H and O–H groups in total. The summed E-state index contributed by atoms with van der Waals surface area (Å²) in [5.41, 5.74) is 4.74. The Hall–Kier alpha value is -3.35.